The fourth-order valence-electron chi connectivity index (χ4n) is 7.32. The Morgan fingerprint density at radius 1 is 0.323 bits per heavy atom. The first kappa shape index (κ1) is 61.6. The van der Waals surface area contributed by atoms with Crippen LogP contribution in [0.3, 0.4) is 0 Å². The molecule has 0 aliphatic carbocycles. The topological polar surface area (TPSA) is 78.9 Å². The van der Waals surface area contributed by atoms with E-state index in [-0.39, 0.29) is 31.1 Å². The van der Waals surface area contributed by atoms with Gasteiger partial charge in [0.2, 0.25) is 0 Å². The van der Waals surface area contributed by atoms with Crippen LogP contribution < -0.4 is 0 Å². The SMILES string of the molecule is CC/C=C\C/C=C\C/C=C\C/C=C\CCCCCCC(=O)O[C@H](COC(=O)CCCCCC/C=C\C/C=C\C/C=C\CCCCC)COC(=O)CCCCCCCCCCCCCCC. The van der Waals surface area contributed by atoms with Crippen LogP contribution in [-0.2, 0) is 28.6 Å². The van der Waals surface area contributed by atoms with Gasteiger partial charge in [0.1, 0.15) is 13.2 Å². The Morgan fingerprint density at radius 2 is 0.600 bits per heavy atom. The van der Waals surface area contributed by atoms with Gasteiger partial charge in [-0.25, -0.2) is 0 Å². The molecular weight excluding hydrogens is 805 g/mol. The third-order valence-electron chi connectivity index (χ3n) is 11.4. The summed E-state index contributed by atoms with van der Waals surface area (Å²) in [7, 11) is 0. The highest BCUT2D eigenvalue weighted by atomic mass is 16.6. The average Bonchev–Trinajstić information content (AvgIpc) is 3.30. The average molecular weight is 905 g/mol. The molecule has 0 fully saturated rings. The zero-order chi connectivity index (χ0) is 47.2. The Bertz CT molecular complexity index is 1270. The van der Waals surface area contributed by atoms with Crippen molar-refractivity contribution in [3.05, 3.63) is 85.1 Å². The van der Waals surface area contributed by atoms with E-state index in [2.05, 4.69) is 106 Å². The van der Waals surface area contributed by atoms with E-state index in [9.17, 15) is 14.4 Å². The summed E-state index contributed by atoms with van der Waals surface area (Å²) < 4.78 is 16.8. The minimum Gasteiger partial charge on any atom is -0.462 e. The van der Waals surface area contributed by atoms with Gasteiger partial charge >= 0.3 is 17.9 Å². The van der Waals surface area contributed by atoms with Crippen molar-refractivity contribution in [1.82, 2.24) is 0 Å². The predicted octanol–water partition coefficient (Wildman–Crippen LogP) is 18.0. The maximum atomic E-state index is 12.8. The van der Waals surface area contributed by atoms with E-state index in [1.807, 2.05) is 0 Å². The molecule has 0 unspecified atom stereocenters. The van der Waals surface area contributed by atoms with Crippen molar-refractivity contribution in [1.29, 1.82) is 0 Å². The standard InChI is InChI=1S/C59H100O6/c1-4-7-10-13-16-19-22-25-27-29-31-34-37-40-43-46-49-52-58(61)64-55-56(54-63-57(60)51-48-45-42-39-36-33-24-21-18-15-12-9-6-3)65-59(62)53-50-47-44-41-38-35-32-30-28-26-23-20-17-14-11-8-5-2/h8,11,16-17,19-20,25-28,31-32,34-35,56H,4-7,9-10,12-15,18,21-24,29-30,33,36-55H2,1-3H3/b11-8-,19-16-,20-17-,27-25-,28-26-,34-31-,35-32-/t56-/m0/s1. The number of allylic oxidation sites excluding steroid dienone is 14. The lowest BCUT2D eigenvalue weighted by Gasteiger charge is -2.18. The number of unbranched alkanes of at least 4 members (excludes halogenated alkanes) is 23. The molecule has 0 N–H and O–H groups in total. The normalized spacial score (nSPS) is 12.7. The molecule has 6 heteroatoms. The number of ether oxygens (including phenoxy) is 3. The minimum atomic E-state index is -0.797. The maximum Gasteiger partial charge on any atom is 0.306 e. The zero-order valence-corrected chi connectivity index (χ0v) is 42.5. The molecule has 0 heterocycles. The number of carbonyl (C=O) groups excluding carboxylic acids is 3. The zero-order valence-electron chi connectivity index (χ0n) is 42.5. The van der Waals surface area contributed by atoms with Crippen molar-refractivity contribution in [2.45, 2.75) is 258 Å². The van der Waals surface area contributed by atoms with Crippen LogP contribution in [0, 0.1) is 0 Å². The molecule has 0 bridgehead atoms. The number of carbonyl (C=O) groups is 3. The molecule has 0 aromatic carbocycles. The van der Waals surface area contributed by atoms with Crippen molar-refractivity contribution in [2.75, 3.05) is 13.2 Å². The van der Waals surface area contributed by atoms with Gasteiger partial charge in [0, 0.05) is 19.3 Å². The maximum absolute atomic E-state index is 12.8. The third-order valence-corrected chi connectivity index (χ3v) is 11.4. The van der Waals surface area contributed by atoms with Crippen molar-refractivity contribution in [3.63, 3.8) is 0 Å². The minimum absolute atomic E-state index is 0.0926. The third kappa shape index (κ3) is 51.4. The molecule has 65 heavy (non-hydrogen) atoms. The number of hydrogen-bond donors (Lipinski definition) is 0. The van der Waals surface area contributed by atoms with Gasteiger partial charge in [-0.05, 0) is 96.3 Å². The summed E-state index contributed by atoms with van der Waals surface area (Å²) in [4.78, 5) is 38.1. The van der Waals surface area contributed by atoms with Crippen molar-refractivity contribution < 1.29 is 28.6 Å². The van der Waals surface area contributed by atoms with Crippen LogP contribution in [0.25, 0.3) is 0 Å². The van der Waals surface area contributed by atoms with Crippen LogP contribution in [0.5, 0.6) is 0 Å². The molecule has 0 saturated heterocycles. The summed E-state index contributed by atoms with van der Waals surface area (Å²) in [5.41, 5.74) is 0. The summed E-state index contributed by atoms with van der Waals surface area (Å²) in [5.74, 6) is -0.936. The van der Waals surface area contributed by atoms with E-state index in [1.165, 1.54) is 89.9 Å². The highest BCUT2D eigenvalue weighted by Gasteiger charge is 2.19. The summed E-state index contributed by atoms with van der Waals surface area (Å²) in [6.45, 7) is 6.46. The van der Waals surface area contributed by atoms with Crippen LogP contribution in [0.1, 0.15) is 252 Å². The fourth-order valence-corrected chi connectivity index (χ4v) is 7.32. The summed E-state index contributed by atoms with van der Waals surface area (Å²) >= 11 is 0. The quantitative estimate of drug-likeness (QED) is 0.0262. The molecule has 0 amide bonds. The number of rotatable bonds is 48. The Labute approximate surface area is 401 Å². The van der Waals surface area contributed by atoms with Crippen LogP contribution >= 0.6 is 0 Å². The first-order valence-electron chi connectivity index (χ1n) is 27.1. The van der Waals surface area contributed by atoms with Crippen LogP contribution in [0.4, 0.5) is 0 Å². The lowest BCUT2D eigenvalue weighted by atomic mass is 10.0. The predicted molar refractivity (Wildman–Crippen MR) is 279 cm³/mol. The smallest absolute Gasteiger partial charge is 0.306 e. The van der Waals surface area contributed by atoms with Gasteiger partial charge in [0.05, 0.1) is 0 Å². The number of esters is 3. The summed E-state index contributed by atoms with van der Waals surface area (Å²) in [5, 5.41) is 0. The number of hydrogen-bond acceptors (Lipinski definition) is 6. The molecule has 0 saturated carbocycles. The van der Waals surface area contributed by atoms with E-state index >= 15 is 0 Å². The second kappa shape index (κ2) is 53.2. The van der Waals surface area contributed by atoms with Gasteiger partial charge in [-0.2, -0.15) is 0 Å². The molecule has 0 rings (SSSR count). The van der Waals surface area contributed by atoms with Gasteiger partial charge in [-0.1, -0.05) is 221 Å². The Hall–Kier alpha value is -3.41. The first-order valence-corrected chi connectivity index (χ1v) is 27.1. The van der Waals surface area contributed by atoms with E-state index in [0.717, 1.165) is 122 Å². The second-order valence-electron chi connectivity index (χ2n) is 17.8. The molecule has 0 aliphatic rings. The highest BCUT2D eigenvalue weighted by molar-refractivity contribution is 5.71. The largest absolute Gasteiger partial charge is 0.462 e. The van der Waals surface area contributed by atoms with Crippen molar-refractivity contribution in [3.8, 4) is 0 Å². The van der Waals surface area contributed by atoms with Gasteiger partial charge < -0.3 is 14.2 Å². The Kier molecular flexibility index (Phi) is 50.4. The molecule has 0 aromatic rings. The van der Waals surface area contributed by atoms with E-state index in [1.54, 1.807) is 0 Å². The molecule has 0 aromatic heterocycles. The first-order chi connectivity index (χ1) is 32.0. The van der Waals surface area contributed by atoms with Crippen LogP contribution in [-0.4, -0.2) is 37.2 Å². The van der Waals surface area contributed by atoms with E-state index in [0.29, 0.717) is 19.3 Å². The molecule has 1 atom stereocenters. The molecule has 372 valence electrons. The van der Waals surface area contributed by atoms with Crippen LogP contribution in [0.15, 0.2) is 85.1 Å². The lowest BCUT2D eigenvalue weighted by Crippen LogP contribution is -2.30. The lowest BCUT2D eigenvalue weighted by molar-refractivity contribution is -0.167. The van der Waals surface area contributed by atoms with Gasteiger partial charge in [0.25, 0.3) is 0 Å². The Morgan fingerprint density at radius 3 is 0.969 bits per heavy atom. The van der Waals surface area contributed by atoms with Crippen molar-refractivity contribution >= 4 is 17.9 Å². The molecular formula is C59H100O6. The molecule has 6 nitrogen and oxygen atoms in total. The van der Waals surface area contributed by atoms with E-state index in [4.69, 9.17) is 14.2 Å². The van der Waals surface area contributed by atoms with Crippen molar-refractivity contribution in [2.24, 2.45) is 0 Å². The summed E-state index contributed by atoms with van der Waals surface area (Å²) in [6, 6.07) is 0. The second-order valence-corrected chi connectivity index (χ2v) is 17.8. The molecule has 0 spiro atoms. The molecule has 0 aliphatic heterocycles. The monoisotopic (exact) mass is 905 g/mol. The Balaban J connectivity index is 4.47. The van der Waals surface area contributed by atoms with Gasteiger partial charge in [-0.3, -0.25) is 14.4 Å². The molecule has 0 radical (unpaired) electrons. The van der Waals surface area contributed by atoms with Crippen LogP contribution in [0.2, 0.25) is 0 Å². The van der Waals surface area contributed by atoms with Gasteiger partial charge in [0.15, 0.2) is 6.10 Å². The highest BCUT2D eigenvalue weighted by Crippen LogP contribution is 2.15. The van der Waals surface area contributed by atoms with E-state index < -0.39 is 6.10 Å². The van der Waals surface area contributed by atoms with Gasteiger partial charge in [-0.15, -0.1) is 0 Å². The summed E-state index contributed by atoms with van der Waals surface area (Å²) in [6.07, 6.45) is 68.5. The fraction of sp³-hybridized carbons (Fsp3) is 0.712.